The van der Waals surface area contributed by atoms with Gasteiger partial charge in [-0.3, -0.25) is 33.6 Å². The van der Waals surface area contributed by atoms with Crippen LogP contribution in [0.3, 0.4) is 0 Å². The highest BCUT2D eigenvalue weighted by Crippen LogP contribution is 2.19. The molecule has 8 N–H and O–H groups in total. The molecule has 0 bridgehead atoms. The molecule has 0 saturated carbocycles. The highest BCUT2D eigenvalue weighted by Gasteiger charge is 2.25. The second kappa shape index (κ2) is 45.5. The van der Waals surface area contributed by atoms with Gasteiger partial charge in [-0.05, 0) is 25.7 Å². The number of carbonyl (C=O) groups excluding carboxylic acids is 5. The number of ketones is 2. The number of nitrogens with one attached hydrogen (secondary N) is 4. The summed E-state index contributed by atoms with van der Waals surface area (Å²) < 4.78 is 21.3. The smallest absolute Gasteiger partial charge is 0.303 e. The van der Waals surface area contributed by atoms with Crippen molar-refractivity contribution >= 4 is 41.2 Å². The van der Waals surface area contributed by atoms with Crippen LogP contribution in [0.25, 0.3) is 0 Å². The third-order valence-electron chi connectivity index (χ3n) is 10.5. The average Bonchev–Trinajstić information content (AvgIpc) is 3.82. The van der Waals surface area contributed by atoms with Crippen molar-refractivity contribution in [3.63, 3.8) is 0 Å². The van der Waals surface area contributed by atoms with E-state index in [0.29, 0.717) is 64.1 Å². The SMILES string of the molecule is CCCCC(=O)NCCOCCOCC(=O)NCCOCCOCC(=O)NCCCC[C@H](CC(=O)[C@@H](N)Cc1cnc[nH]1)C(=O)CCC(=O)O.CCCCCCCCCCCCCCC(=O)O.[HH].[HH]. The van der Waals surface area contributed by atoms with Crippen LogP contribution < -0.4 is 21.7 Å². The summed E-state index contributed by atoms with van der Waals surface area (Å²) in [5.74, 6) is -3.55. The lowest BCUT2D eigenvalue weighted by Crippen LogP contribution is -2.35. The third-order valence-corrected chi connectivity index (χ3v) is 10.5. The van der Waals surface area contributed by atoms with Crippen LogP contribution in [-0.2, 0) is 58.9 Å². The van der Waals surface area contributed by atoms with Crippen molar-refractivity contribution in [1.29, 1.82) is 0 Å². The monoisotopic (exact) mass is 959 g/mol. The Labute approximate surface area is 401 Å². The molecule has 0 saturated heterocycles. The number of carboxylic acid groups (broad SMARTS) is 2. The van der Waals surface area contributed by atoms with E-state index < -0.39 is 23.9 Å². The molecule has 390 valence electrons. The Morgan fingerprint density at radius 1 is 0.582 bits per heavy atom. The van der Waals surface area contributed by atoms with E-state index in [0.717, 1.165) is 25.7 Å². The largest absolute Gasteiger partial charge is 0.481 e. The highest BCUT2D eigenvalue weighted by atomic mass is 16.5. The molecule has 2 atom stereocenters. The Hall–Kier alpha value is -4.30. The van der Waals surface area contributed by atoms with Crippen LogP contribution in [0.15, 0.2) is 12.5 Å². The van der Waals surface area contributed by atoms with Crippen LogP contribution in [0.5, 0.6) is 0 Å². The van der Waals surface area contributed by atoms with Crippen molar-refractivity contribution < 1.29 is 65.6 Å². The lowest BCUT2D eigenvalue weighted by Gasteiger charge is -2.17. The number of aliphatic carboxylic acids is 2. The molecular weight excluding hydrogens is 869 g/mol. The van der Waals surface area contributed by atoms with Gasteiger partial charge >= 0.3 is 11.9 Å². The van der Waals surface area contributed by atoms with Gasteiger partial charge in [0.25, 0.3) is 0 Å². The minimum atomic E-state index is -1.08. The number of amides is 3. The number of H-pyrrole nitrogens is 1. The van der Waals surface area contributed by atoms with Gasteiger partial charge in [-0.15, -0.1) is 0 Å². The maximum atomic E-state index is 12.7. The molecule has 0 fully saturated rings. The number of ether oxygens (including phenoxy) is 4. The van der Waals surface area contributed by atoms with Gasteiger partial charge in [0.05, 0.1) is 58.4 Å². The molecule has 67 heavy (non-hydrogen) atoms. The Bertz CT molecular complexity index is 1450. The van der Waals surface area contributed by atoms with Gasteiger partial charge in [0, 0.05) is 72.4 Å². The van der Waals surface area contributed by atoms with Gasteiger partial charge in [0.1, 0.15) is 19.0 Å². The quantitative estimate of drug-likeness (QED) is 0.0385. The first kappa shape index (κ1) is 62.7. The molecule has 3 amide bonds. The number of imidazole rings is 1. The van der Waals surface area contributed by atoms with Gasteiger partial charge in [-0.25, -0.2) is 4.98 Å². The van der Waals surface area contributed by atoms with Gasteiger partial charge < -0.3 is 55.8 Å². The summed E-state index contributed by atoms with van der Waals surface area (Å²) in [5.41, 5.74) is 6.73. The summed E-state index contributed by atoms with van der Waals surface area (Å²) in [7, 11) is 0. The van der Waals surface area contributed by atoms with Crippen LogP contribution in [0.4, 0.5) is 0 Å². The molecule has 1 aromatic rings. The van der Waals surface area contributed by atoms with Crippen LogP contribution in [0.1, 0.15) is 164 Å². The van der Waals surface area contributed by atoms with E-state index in [4.69, 9.17) is 34.9 Å². The first-order valence-electron chi connectivity index (χ1n) is 24.7. The van der Waals surface area contributed by atoms with Crippen molar-refractivity contribution in [1.82, 2.24) is 25.9 Å². The average molecular weight is 959 g/mol. The number of aromatic amines is 1. The first-order chi connectivity index (χ1) is 32.4. The summed E-state index contributed by atoms with van der Waals surface area (Å²) in [6, 6.07) is -0.813. The number of carboxylic acids is 2. The van der Waals surface area contributed by atoms with Crippen molar-refractivity contribution in [2.45, 2.75) is 168 Å². The lowest BCUT2D eigenvalue weighted by molar-refractivity contribution is -0.139. The van der Waals surface area contributed by atoms with E-state index in [1.807, 2.05) is 6.92 Å². The van der Waals surface area contributed by atoms with E-state index >= 15 is 0 Å². The predicted molar refractivity (Wildman–Crippen MR) is 258 cm³/mol. The number of carbonyl (C=O) groups is 7. The zero-order valence-corrected chi connectivity index (χ0v) is 40.8. The number of unbranched alkanes of at least 4 members (excludes halogenated alkanes) is 13. The first-order valence-corrected chi connectivity index (χ1v) is 24.7. The zero-order valence-electron chi connectivity index (χ0n) is 40.8. The molecular formula is C48H90N6O13. The Morgan fingerprint density at radius 2 is 1.09 bits per heavy atom. The van der Waals surface area contributed by atoms with E-state index in [1.165, 1.54) is 70.5 Å². The normalized spacial score (nSPS) is 11.8. The summed E-state index contributed by atoms with van der Waals surface area (Å²) >= 11 is 0. The summed E-state index contributed by atoms with van der Waals surface area (Å²) in [4.78, 5) is 88.7. The fraction of sp³-hybridized carbons (Fsp3) is 0.792. The molecule has 0 aliphatic heterocycles. The van der Waals surface area contributed by atoms with Gasteiger partial charge in [0.15, 0.2) is 5.78 Å². The lowest BCUT2D eigenvalue weighted by atomic mass is 9.87. The number of hydrogen-bond acceptors (Lipinski definition) is 13. The van der Waals surface area contributed by atoms with E-state index in [1.54, 1.807) is 6.20 Å². The van der Waals surface area contributed by atoms with E-state index in [9.17, 15) is 33.6 Å². The van der Waals surface area contributed by atoms with Crippen molar-refractivity contribution in [3.8, 4) is 0 Å². The number of aromatic nitrogens is 2. The van der Waals surface area contributed by atoms with Crippen molar-refractivity contribution in [2.75, 3.05) is 72.5 Å². The molecule has 0 aliphatic carbocycles. The molecule has 0 radical (unpaired) electrons. The second-order valence-corrected chi connectivity index (χ2v) is 16.6. The number of rotatable bonds is 46. The maximum absolute atomic E-state index is 12.7. The van der Waals surface area contributed by atoms with Gasteiger partial charge in [-0.2, -0.15) is 0 Å². The minimum Gasteiger partial charge on any atom is -0.481 e. The highest BCUT2D eigenvalue weighted by molar-refractivity contribution is 5.91. The molecule has 0 unspecified atom stereocenters. The molecule has 0 aromatic carbocycles. The number of hydrogen-bond donors (Lipinski definition) is 7. The fourth-order valence-electron chi connectivity index (χ4n) is 6.64. The van der Waals surface area contributed by atoms with Crippen LogP contribution in [0.2, 0.25) is 0 Å². The van der Waals surface area contributed by atoms with Crippen LogP contribution >= 0.6 is 0 Å². The fourth-order valence-corrected chi connectivity index (χ4v) is 6.64. The van der Waals surface area contributed by atoms with Gasteiger partial charge in [0.2, 0.25) is 17.7 Å². The predicted octanol–water partition coefficient (Wildman–Crippen LogP) is 5.72. The molecule has 19 heteroatoms. The molecule has 0 aliphatic rings. The van der Waals surface area contributed by atoms with Crippen molar-refractivity contribution in [2.24, 2.45) is 11.7 Å². The molecule has 0 spiro atoms. The van der Waals surface area contributed by atoms with Crippen molar-refractivity contribution in [3.05, 3.63) is 18.2 Å². The summed E-state index contributed by atoms with van der Waals surface area (Å²) in [5, 5.41) is 25.6. The standard InChI is InChI=1S/C33H56N6O11.C15H30O2.2H2/c1-2-3-7-30(42)37-11-13-47-15-18-50-23-32(44)38-12-14-48-16-17-49-22-31(43)36-10-5-4-6-25(28(40)8-9-33(45)46)19-29(41)27(34)20-26-21-35-24-39-26;1-2-3-4-5-6-7-8-9-10-11-12-13-14-15(16)17;;/h21,24-25,27H,2-20,22-23,34H2,1H3,(H,35,39)(H,36,43)(H,37,42)(H,38,44)(H,45,46);2-14H2,1H3,(H,16,17);2*1H/t25-,27+;;;/m1.../s1. The Balaban J connectivity index is -0.00000194. The second-order valence-electron chi connectivity index (χ2n) is 16.6. The minimum absolute atomic E-state index is 0. The third kappa shape index (κ3) is 42.8. The number of Topliss-reactive ketones (excluding diaryl/α,β-unsaturated/α-hetero) is 2. The Morgan fingerprint density at radius 3 is 1.61 bits per heavy atom. The molecule has 1 rings (SSSR count). The Kier molecular flexibility index (Phi) is 42.6. The van der Waals surface area contributed by atoms with E-state index in [-0.39, 0.29) is 104 Å². The van der Waals surface area contributed by atoms with Crippen LogP contribution in [0, 0.1) is 5.92 Å². The summed E-state index contributed by atoms with van der Waals surface area (Å²) in [6.45, 7) is 6.70. The van der Waals surface area contributed by atoms with Gasteiger partial charge in [-0.1, -0.05) is 97.3 Å². The maximum Gasteiger partial charge on any atom is 0.303 e. The topological polar surface area (TPSA) is 288 Å². The number of nitrogens with zero attached hydrogens (tertiary/aromatic N) is 1. The molecule has 1 heterocycles. The van der Waals surface area contributed by atoms with E-state index in [2.05, 4.69) is 32.8 Å². The number of nitrogens with two attached hydrogens (primary N) is 1. The molecule has 1 aromatic heterocycles. The zero-order chi connectivity index (χ0) is 49.6. The summed E-state index contributed by atoms with van der Waals surface area (Å²) in [6.07, 6.45) is 22.4. The molecule has 19 nitrogen and oxygen atoms in total. The van der Waals surface area contributed by atoms with Crippen LogP contribution in [-0.4, -0.2) is 140 Å².